The molecule has 0 spiro atoms. The molecule has 100 valence electrons. The minimum absolute atomic E-state index is 0.565. The van der Waals surface area contributed by atoms with E-state index in [1.165, 1.54) is 5.56 Å². The van der Waals surface area contributed by atoms with Gasteiger partial charge in [-0.2, -0.15) is 0 Å². The highest BCUT2D eigenvalue weighted by atomic mass is 79.9. The summed E-state index contributed by atoms with van der Waals surface area (Å²) < 4.78 is 6.57. The van der Waals surface area contributed by atoms with Gasteiger partial charge in [-0.1, -0.05) is 45.2 Å². The van der Waals surface area contributed by atoms with E-state index in [0.717, 1.165) is 16.7 Å². The van der Waals surface area contributed by atoms with Crippen LogP contribution in [0.1, 0.15) is 5.56 Å². The molecule has 2 aromatic rings. The van der Waals surface area contributed by atoms with Crippen LogP contribution >= 0.6 is 27.5 Å². The molecular formula is C15H15BrClNO. The number of anilines is 1. The molecule has 1 N–H and O–H groups in total. The average molecular weight is 341 g/mol. The Hall–Kier alpha value is -1.19. The Bertz CT molecular complexity index is 542. The summed E-state index contributed by atoms with van der Waals surface area (Å²) in [7, 11) is 0. The van der Waals surface area contributed by atoms with E-state index in [1.807, 2.05) is 18.2 Å². The van der Waals surface area contributed by atoms with E-state index in [1.54, 1.807) is 0 Å². The third-order valence-corrected chi connectivity index (χ3v) is 3.42. The Balaban J connectivity index is 1.79. The van der Waals surface area contributed by atoms with E-state index in [4.69, 9.17) is 16.3 Å². The maximum Gasteiger partial charge on any atom is 0.138 e. The second-order valence-corrected chi connectivity index (χ2v) is 5.54. The molecule has 0 aliphatic carbocycles. The van der Waals surface area contributed by atoms with Crippen LogP contribution in [-0.4, -0.2) is 13.2 Å². The van der Waals surface area contributed by atoms with Gasteiger partial charge >= 0.3 is 0 Å². The van der Waals surface area contributed by atoms with Gasteiger partial charge in [0.15, 0.2) is 0 Å². The van der Waals surface area contributed by atoms with Crippen molar-refractivity contribution in [2.45, 2.75) is 6.92 Å². The summed E-state index contributed by atoms with van der Waals surface area (Å²) in [5.41, 5.74) is 2.35. The molecule has 0 radical (unpaired) electrons. The lowest BCUT2D eigenvalue weighted by Crippen LogP contribution is -2.11. The first-order chi connectivity index (χ1) is 9.15. The van der Waals surface area contributed by atoms with Crippen molar-refractivity contribution in [3.63, 3.8) is 0 Å². The zero-order valence-electron chi connectivity index (χ0n) is 10.6. The Morgan fingerprint density at radius 3 is 2.58 bits per heavy atom. The Morgan fingerprint density at radius 1 is 1.16 bits per heavy atom. The van der Waals surface area contributed by atoms with Crippen LogP contribution < -0.4 is 10.1 Å². The van der Waals surface area contributed by atoms with Crippen molar-refractivity contribution >= 4 is 33.2 Å². The van der Waals surface area contributed by atoms with E-state index >= 15 is 0 Å². The minimum Gasteiger partial charge on any atom is -0.490 e. The van der Waals surface area contributed by atoms with Crippen LogP contribution in [0.3, 0.4) is 0 Å². The molecule has 2 aromatic carbocycles. The Morgan fingerprint density at radius 2 is 1.89 bits per heavy atom. The number of aryl methyl sites for hydroxylation is 1. The molecular weight excluding hydrogens is 326 g/mol. The van der Waals surface area contributed by atoms with Gasteiger partial charge in [0.05, 0.1) is 5.02 Å². The van der Waals surface area contributed by atoms with Gasteiger partial charge in [0.2, 0.25) is 0 Å². The van der Waals surface area contributed by atoms with Crippen molar-refractivity contribution < 1.29 is 4.74 Å². The highest BCUT2D eigenvalue weighted by Gasteiger charge is 2.01. The average Bonchev–Trinajstić information content (AvgIpc) is 2.39. The first-order valence-electron chi connectivity index (χ1n) is 6.03. The third-order valence-electron chi connectivity index (χ3n) is 2.63. The van der Waals surface area contributed by atoms with Crippen molar-refractivity contribution in [3.05, 3.63) is 57.5 Å². The van der Waals surface area contributed by atoms with Gasteiger partial charge in [-0.05, 0) is 37.3 Å². The van der Waals surface area contributed by atoms with Crippen LogP contribution in [0.4, 0.5) is 5.69 Å². The van der Waals surface area contributed by atoms with Crippen molar-refractivity contribution in [1.82, 2.24) is 0 Å². The second kappa shape index (κ2) is 6.83. The second-order valence-electron chi connectivity index (χ2n) is 4.22. The summed E-state index contributed by atoms with van der Waals surface area (Å²) >= 11 is 9.43. The van der Waals surface area contributed by atoms with Gasteiger partial charge in [0.1, 0.15) is 12.4 Å². The van der Waals surface area contributed by atoms with Crippen LogP contribution in [0.25, 0.3) is 0 Å². The van der Waals surface area contributed by atoms with E-state index in [0.29, 0.717) is 17.4 Å². The molecule has 2 nitrogen and oxygen atoms in total. The van der Waals surface area contributed by atoms with Crippen LogP contribution in [0, 0.1) is 6.92 Å². The highest BCUT2D eigenvalue weighted by molar-refractivity contribution is 9.10. The Labute approximate surface area is 126 Å². The number of halogens is 2. The van der Waals surface area contributed by atoms with E-state index in [2.05, 4.69) is 52.4 Å². The van der Waals surface area contributed by atoms with Crippen LogP contribution in [-0.2, 0) is 0 Å². The molecule has 0 saturated heterocycles. The zero-order chi connectivity index (χ0) is 13.7. The van der Waals surface area contributed by atoms with Crippen LogP contribution in [0.15, 0.2) is 46.9 Å². The quantitative estimate of drug-likeness (QED) is 0.782. The van der Waals surface area contributed by atoms with Crippen molar-refractivity contribution in [2.24, 2.45) is 0 Å². The van der Waals surface area contributed by atoms with Crippen molar-refractivity contribution in [2.75, 3.05) is 18.5 Å². The summed E-state index contributed by atoms with van der Waals surface area (Å²) in [4.78, 5) is 0. The summed E-state index contributed by atoms with van der Waals surface area (Å²) in [6, 6.07) is 13.9. The van der Waals surface area contributed by atoms with E-state index in [9.17, 15) is 0 Å². The van der Waals surface area contributed by atoms with Gasteiger partial charge in [0.25, 0.3) is 0 Å². The lowest BCUT2D eigenvalue weighted by molar-refractivity contribution is 0.333. The lowest BCUT2D eigenvalue weighted by atomic mass is 10.2. The Kier molecular flexibility index (Phi) is 5.11. The van der Waals surface area contributed by atoms with E-state index in [-0.39, 0.29) is 0 Å². The van der Waals surface area contributed by atoms with Crippen molar-refractivity contribution in [1.29, 1.82) is 0 Å². The number of hydrogen-bond donors (Lipinski definition) is 1. The molecule has 0 aliphatic rings. The molecule has 0 fully saturated rings. The van der Waals surface area contributed by atoms with Gasteiger partial charge in [-0.25, -0.2) is 0 Å². The number of nitrogens with one attached hydrogen (secondary N) is 1. The molecule has 19 heavy (non-hydrogen) atoms. The number of hydrogen-bond acceptors (Lipinski definition) is 2. The molecule has 0 bridgehead atoms. The van der Waals surface area contributed by atoms with Crippen LogP contribution in [0.5, 0.6) is 5.75 Å². The molecule has 2 rings (SSSR count). The molecule has 0 amide bonds. The lowest BCUT2D eigenvalue weighted by Gasteiger charge is -2.10. The van der Waals surface area contributed by atoms with Gasteiger partial charge < -0.3 is 10.1 Å². The minimum atomic E-state index is 0.565. The first kappa shape index (κ1) is 14.2. The van der Waals surface area contributed by atoms with Crippen LogP contribution in [0.2, 0.25) is 5.02 Å². The predicted octanol–water partition coefficient (Wildman–Crippen LogP) is 4.90. The summed E-state index contributed by atoms with van der Waals surface area (Å²) in [6.45, 7) is 3.37. The van der Waals surface area contributed by atoms with Gasteiger partial charge in [0, 0.05) is 16.7 Å². The first-order valence-corrected chi connectivity index (χ1v) is 7.20. The topological polar surface area (TPSA) is 21.3 Å². The number of ether oxygens (including phenoxy) is 1. The smallest absolute Gasteiger partial charge is 0.138 e. The molecule has 0 aromatic heterocycles. The maximum atomic E-state index is 6.07. The molecule has 0 aliphatic heterocycles. The third kappa shape index (κ3) is 4.44. The number of rotatable bonds is 5. The fourth-order valence-corrected chi connectivity index (χ4v) is 2.35. The van der Waals surface area contributed by atoms with E-state index < -0.39 is 0 Å². The number of benzene rings is 2. The summed E-state index contributed by atoms with van der Waals surface area (Å²) in [5, 5.41) is 3.91. The van der Waals surface area contributed by atoms with Gasteiger partial charge in [-0.3, -0.25) is 0 Å². The fraction of sp³-hybridized carbons (Fsp3) is 0.200. The molecule has 4 heteroatoms. The maximum absolute atomic E-state index is 6.07. The largest absolute Gasteiger partial charge is 0.490 e. The molecule has 0 unspecified atom stereocenters. The highest BCUT2D eigenvalue weighted by Crippen LogP contribution is 2.27. The monoisotopic (exact) mass is 339 g/mol. The zero-order valence-corrected chi connectivity index (χ0v) is 13.0. The standard InChI is InChI=1S/C15H15BrClNO/c1-11-2-5-13(6-3-11)18-8-9-19-15-7-4-12(16)10-14(15)17/h2-7,10,18H,8-9H2,1H3. The predicted molar refractivity (Wildman–Crippen MR) is 84.3 cm³/mol. The van der Waals surface area contributed by atoms with Crippen molar-refractivity contribution in [3.8, 4) is 5.75 Å². The molecule has 0 heterocycles. The summed E-state index contributed by atoms with van der Waals surface area (Å²) in [5.74, 6) is 0.704. The van der Waals surface area contributed by atoms with Gasteiger partial charge in [-0.15, -0.1) is 0 Å². The molecule has 0 atom stereocenters. The summed E-state index contributed by atoms with van der Waals surface area (Å²) in [6.07, 6.45) is 0. The normalized spacial score (nSPS) is 10.3. The SMILES string of the molecule is Cc1ccc(NCCOc2ccc(Br)cc2Cl)cc1. The fourth-order valence-electron chi connectivity index (χ4n) is 1.62. The molecule has 0 saturated carbocycles.